The fourth-order valence-electron chi connectivity index (χ4n) is 3.65. The number of ketones is 1. The number of benzene rings is 3. The lowest BCUT2D eigenvalue weighted by molar-refractivity contribution is -0.132. The van der Waals surface area contributed by atoms with Crippen molar-refractivity contribution in [3.8, 4) is 0 Å². The van der Waals surface area contributed by atoms with Crippen molar-refractivity contribution < 1.29 is 27.5 Å². The number of halogens is 2. The average molecular weight is 531 g/mol. The van der Waals surface area contributed by atoms with E-state index in [-0.39, 0.29) is 27.3 Å². The van der Waals surface area contributed by atoms with Gasteiger partial charge in [0.1, 0.15) is 11.6 Å². The zero-order valence-electron chi connectivity index (χ0n) is 16.8. The molecule has 10 heteroatoms. The smallest absolute Gasteiger partial charge is 0.300 e. The molecule has 4 rings (SSSR count). The first-order valence-corrected chi connectivity index (χ1v) is 11.9. The molecule has 7 nitrogen and oxygen atoms in total. The maximum atomic E-state index is 14.8. The van der Waals surface area contributed by atoms with Crippen LogP contribution < -0.4 is 10.0 Å². The number of aliphatic hydroxyl groups is 1. The largest absolute Gasteiger partial charge is 0.507 e. The normalized spacial score (nSPS) is 18.0. The van der Waals surface area contributed by atoms with Gasteiger partial charge in [-0.2, -0.15) is 0 Å². The maximum Gasteiger partial charge on any atom is 0.300 e. The van der Waals surface area contributed by atoms with E-state index in [1.54, 1.807) is 30.3 Å². The van der Waals surface area contributed by atoms with Gasteiger partial charge >= 0.3 is 0 Å². The van der Waals surface area contributed by atoms with Gasteiger partial charge in [-0.15, -0.1) is 0 Å². The van der Waals surface area contributed by atoms with Crippen molar-refractivity contribution >= 4 is 49.1 Å². The highest BCUT2D eigenvalue weighted by atomic mass is 79.9. The Kier molecular flexibility index (Phi) is 5.91. The summed E-state index contributed by atoms with van der Waals surface area (Å²) >= 11 is 3.29. The first-order valence-electron chi connectivity index (χ1n) is 9.54. The summed E-state index contributed by atoms with van der Waals surface area (Å²) in [6.07, 6.45) is 0. The zero-order valence-corrected chi connectivity index (χ0v) is 19.2. The van der Waals surface area contributed by atoms with Crippen LogP contribution in [0.2, 0.25) is 0 Å². The Bertz CT molecular complexity index is 1400. The molecule has 0 unspecified atom stereocenters. The van der Waals surface area contributed by atoms with Gasteiger partial charge in [0.2, 0.25) is 10.0 Å². The quantitative estimate of drug-likeness (QED) is 0.301. The molecule has 0 aliphatic carbocycles. The standard InChI is InChI=1S/C23H16BrFN2O5S/c24-14-7-5-13(6-8-14)21(28)19-20(17-3-1-2-4-18(17)25)27(23(30)22(19)29)15-9-11-16(12-10-15)33(26,31)32/h1-12,20,28H,(H2,26,31,32)/t20-/m0/s1. The van der Waals surface area contributed by atoms with Gasteiger partial charge in [-0.25, -0.2) is 17.9 Å². The molecule has 168 valence electrons. The van der Waals surface area contributed by atoms with E-state index < -0.39 is 39.3 Å². The van der Waals surface area contributed by atoms with E-state index in [9.17, 15) is 27.5 Å². The molecule has 1 saturated heterocycles. The molecule has 3 N–H and O–H groups in total. The van der Waals surface area contributed by atoms with Crippen molar-refractivity contribution in [2.24, 2.45) is 5.14 Å². The minimum Gasteiger partial charge on any atom is -0.507 e. The number of aliphatic hydroxyl groups excluding tert-OH is 1. The molecule has 0 bridgehead atoms. The van der Waals surface area contributed by atoms with Gasteiger partial charge in [0.05, 0.1) is 16.5 Å². The van der Waals surface area contributed by atoms with Crippen LogP contribution in [0.3, 0.4) is 0 Å². The summed E-state index contributed by atoms with van der Waals surface area (Å²) in [4.78, 5) is 26.9. The summed E-state index contributed by atoms with van der Waals surface area (Å²) in [7, 11) is -3.99. The lowest BCUT2D eigenvalue weighted by Crippen LogP contribution is -2.30. The number of hydrogen-bond acceptors (Lipinski definition) is 5. The molecule has 1 amide bonds. The highest BCUT2D eigenvalue weighted by Gasteiger charge is 2.47. The molecule has 1 aliphatic heterocycles. The first kappa shape index (κ1) is 22.8. The molecule has 3 aromatic carbocycles. The second-order valence-electron chi connectivity index (χ2n) is 7.24. The molecule has 1 aliphatic rings. The fourth-order valence-corrected chi connectivity index (χ4v) is 4.43. The minimum atomic E-state index is -3.99. The Morgan fingerprint density at radius 3 is 2.15 bits per heavy atom. The first-order chi connectivity index (χ1) is 15.6. The van der Waals surface area contributed by atoms with Gasteiger partial charge < -0.3 is 5.11 Å². The maximum absolute atomic E-state index is 14.8. The van der Waals surface area contributed by atoms with Crippen LogP contribution in [0.1, 0.15) is 17.2 Å². The van der Waals surface area contributed by atoms with Crippen LogP contribution in [-0.2, 0) is 19.6 Å². The number of nitrogens with two attached hydrogens (primary N) is 1. The summed E-state index contributed by atoms with van der Waals surface area (Å²) in [6.45, 7) is 0. The Balaban J connectivity index is 1.94. The minimum absolute atomic E-state index is 0.00844. The van der Waals surface area contributed by atoms with Crippen molar-refractivity contribution in [1.82, 2.24) is 0 Å². The molecule has 0 aromatic heterocycles. The Hall–Kier alpha value is -3.34. The number of carbonyl (C=O) groups excluding carboxylic acids is 2. The molecule has 1 fully saturated rings. The van der Waals surface area contributed by atoms with Crippen molar-refractivity contribution in [3.63, 3.8) is 0 Å². The Morgan fingerprint density at radius 1 is 0.970 bits per heavy atom. The average Bonchev–Trinajstić information content (AvgIpc) is 3.04. The molecule has 0 radical (unpaired) electrons. The van der Waals surface area contributed by atoms with E-state index in [1.165, 1.54) is 42.5 Å². The van der Waals surface area contributed by atoms with E-state index in [2.05, 4.69) is 15.9 Å². The second kappa shape index (κ2) is 8.54. The topological polar surface area (TPSA) is 118 Å². The number of hydrogen-bond donors (Lipinski definition) is 2. The predicted octanol–water partition coefficient (Wildman–Crippen LogP) is 3.86. The SMILES string of the molecule is NS(=O)(=O)c1ccc(N2C(=O)C(=O)C(=C(O)c3ccc(Br)cc3)[C@@H]2c2ccccc2F)cc1. The molecule has 1 atom stereocenters. The monoisotopic (exact) mass is 530 g/mol. The van der Waals surface area contributed by atoms with Gasteiger partial charge in [-0.3, -0.25) is 14.5 Å². The van der Waals surface area contributed by atoms with E-state index in [0.29, 0.717) is 0 Å². The van der Waals surface area contributed by atoms with Crippen LogP contribution >= 0.6 is 15.9 Å². The van der Waals surface area contributed by atoms with Crippen LogP contribution in [0, 0.1) is 5.82 Å². The molecule has 0 saturated carbocycles. The van der Waals surface area contributed by atoms with Gasteiger partial charge in [-0.1, -0.05) is 46.3 Å². The second-order valence-corrected chi connectivity index (χ2v) is 9.71. The van der Waals surface area contributed by atoms with Crippen LogP contribution in [0.25, 0.3) is 5.76 Å². The third-order valence-corrected chi connectivity index (χ3v) is 6.66. The van der Waals surface area contributed by atoms with Crippen LogP contribution in [0.15, 0.2) is 87.7 Å². The number of primary sulfonamides is 1. The lowest BCUT2D eigenvalue weighted by atomic mass is 9.94. The van der Waals surface area contributed by atoms with Crippen molar-refractivity contribution in [2.45, 2.75) is 10.9 Å². The summed E-state index contributed by atoms with van der Waals surface area (Å²) in [5.41, 5.74) is 0.101. The fraction of sp³-hybridized carbons (Fsp3) is 0.0435. The van der Waals surface area contributed by atoms with E-state index in [4.69, 9.17) is 5.14 Å². The molecule has 1 heterocycles. The van der Waals surface area contributed by atoms with Gasteiger partial charge in [0, 0.05) is 21.3 Å². The van der Waals surface area contributed by atoms with E-state index >= 15 is 0 Å². The van der Waals surface area contributed by atoms with Crippen LogP contribution in [0.4, 0.5) is 10.1 Å². The van der Waals surface area contributed by atoms with Gasteiger partial charge in [-0.05, 0) is 42.5 Å². The highest BCUT2D eigenvalue weighted by molar-refractivity contribution is 9.10. The number of Topliss-reactive ketones (excluding diaryl/α,β-unsaturated/α-hetero) is 1. The zero-order chi connectivity index (χ0) is 23.9. The summed E-state index contributed by atoms with van der Waals surface area (Å²) in [6, 6.07) is 15.6. The summed E-state index contributed by atoms with van der Waals surface area (Å²) < 4.78 is 38.7. The van der Waals surface area contributed by atoms with Gasteiger partial charge in [0.15, 0.2) is 0 Å². The molecular formula is C23H16BrFN2O5S. The number of rotatable bonds is 4. The third kappa shape index (κ3) is 4.20. The van der Waals surface area contributed by atoms with Crippen molar-refractivity contribution in [2.75, 3.05) is 4.90 Å². The highest BCUT2D eigenvalue weighted by Crippen LogP contribution is 2.43. The Morgan fingerprint density at radius 2 is 1.58 bits per heavy atom. The van der Waals surface area contributed by atoms with Gasteiger partial charge in [0.25, 0.3) is 11.7 Å². The third-order valence-electron chi connectivity index (χ3n) is 5.21. The predicted molar refractivity (Wildman–Crippen MR) is 123 cm³/mol. The van der Waals surface area contributed by atoms with E-state index in [1.807, 2.05) is 0 Å². The van der Waals surface area contributed by atoms with Crippen LogP contribution in [-0.4, -0.2) is 25.2 Å². The number of sulfonamides is 1. The lowest BCUT2D eigenvalue weighted by Gasteiger charge is -2.25. The summed E-state index contributed by atoms with van der Waals surface area (Å²) in [5, 5.41) is 16.1. The molecule has 0 spiro atoms. The molecular weight excluding hydrogens is 515 g/mol. The number of nitrogens with zero attached hydrogens (tertiary/aromatic N) is 1. The molecule has 3 aromatic rings. The summed E-state index contributed by atoms with van der Waals surface area (Å²) in [5.74, 6) is -3.14. The Labute approximate surface area is 197 Å². The number of carbonyl (C=O) groups is 2. The molecule has 33 heavy (non-hydrogen) atoms. The number of amides is 1. The van der Waals surface area contributed by atoms with Crippen molar-refractivity contribution in [1.29, 1.82) is 0 Å². The number of anilines is 1. The van der Waals surface area contributed by atoms with E-state index in [0.717, 1.165) is 9.37 Å². The van der Waals surface area contributed by atoms with Crippen LogP contribution in [0.5, 0.6) is 0 Å². The van der Waals surface area contributed by atoms with Crippen molar-refractivity contribution in [3.05, 3.63) is 99.8 Å².